The lowest BCUT2D eigenvalue weighted by Crippen LogP contribution is -2.40. The van der Waals surface area contributed by atoms with Gasteiger partial charge in [-0.05, 0) is 58.0 Å². The van der Waals surface area contributed by atoms with Crippen molar-refractivity contribution in [1.29, 1.82) is 0 Å². The lowest BCUT2D eigenvalue weighted by molar-refractivity contribution is -0.139. The van der Waals surface area contributed by atoms with Crippen molar-refractivity contribution in [3.05, 3.63) is 89.0 Å². The number of thiazole rings is 1. The molecule has 0 radical (unpaired) electrons. The fourth-order valence-corrected chi connectivity index (χ4v) is 5.59. The molecule has 38 heavy (non-hydrogen) atoms. The number of rotatable bonds is 8. The summed E-state index contributed by atoms with van der Waals surface area (Å²) >= 11 is 4.72. The van der Waals surface area contributed by atoms with E-state index in [4.69, 9.17) is 20.6 Å². The van der Waals surface area contributed by atoms with E-state index in [1.165, 1.54) is 15.9 Å². The summed E-state index contributed by atoms with van der Waals surface area (Å²) < 4.78 is 20.0. The first-order valence-corrected chi connectivity index (χ1v) is 13.7. The van der Waals surface area contributed by atoms with Crippen LogP contribution in [0.15, 0.2) is 68.0 Å². The van der Waals surface area contributed by atoms with Crippen LogP contribution in [0, 0.1) is 12.3 Å². The second-order valence-electron chi connectivity index (χ2n) is 8.68. The molecular weight excluding hydrogens is 568 g/mol. The van der Waals surface area contributed by atoms with E-state index < -0.39 is 12.0 Å². The summed E-state index contributed by atoms with van der Waals surface area (Å²) in [5.41, 5.74) is 1.84. The van der Waals surface area contributed by atoms with Crippen LogP contribution in [-0.4, -0.2) is 29.9 Å². The van der Waals surface area contributed by atoms with Gasteiger partial charge in [-0.25, -0.2) is 9.79 Å². The van der Waals surface area contributed by atoms with Crippen LogP contribution in [-0.2, 0) is 9.53 Å². The predicted molar refractivity (Wildman–Crippen MR) is 151 cm³/mol. The van der Waals surface area contributed by atoms with E-state index >= 15 is 0 Å². The van der Waals surface area contributed by atoms with Gasteiger partial charge in [0.05, 0.1) is 28.5 Å². The average molecular weight is 596 g/mol. The Hall–Kier alpha value is -3.61. The molecule has 0 saturated heterocycles. The maximum atomic E-state index is 14.0. The van der Waals surface area contributed by atoms with Crippen LogP contribution in [0.1, 0.15) is 44.9 Å². The summed E-state index contributed by atoms with van der Waals surface area (Å²) in [6.45, 7) is 7.63. The van der Waals surface area contributed by atoms with Crippen LogP contribution in [0.3, 0.4) is 0 Å². The number of ether oxygens (including phenoxy) is 3. The lowest BCUT2D eigenvalue weighted by atomic mass is 9.95. The Labute approximate surface area is 233 Å². The number of hydrogen-bond acceptors (Lipinski definition) is 7. The molecule has 2 heterocycles. The van der Waals surface area contributed by atoms with Gasteiger partial charge in [0, 0.05) is 15.6 Å². The largest absolute Gasteiger partial charge is 0.491 e. The van der Waals surface area contributed by atoms with Gasteiger partial charge in [-0.15, -0.1) is 6.42 Å². The number of nitrogens with zero attached hydrogens (tertiary/aromatic N) is 2. The zero-order valence-corrected chi connectivity index (χ0v) is 23.9. The van der Waals surface area contributed by atoms with Crippen LogP contribution in [0.25, 0.3) is 6.08 Å². The molecule has 0 N–H and O–H groups in total. The average Bonchev–Trinajstić information content (AvgIpc) is 3.17. The minimum atomic E-state index is -0.776. The topological polar surface area (TPSA) is 79.1 Å². The van der Waals surface area contributed by atoms with Crippen molar-refractivity contribution in [2.45, 2.75) is 39.8 Å². The zero-order valence-electron chi connectivity index (χ0n) is 21.5. The maximum absolute atomic E-state index is 14.0. The molecule has 3 aromatic rings. The molecule has 1 atom stereocenters. The number of allylic oxidation sites excluding steroid dienone is 1. The standard InChI is InChI=1S/C29H27BrN2O5S/c1-6-14-36-22-13-12-20(30)15-19(22)16-24-27(33)32-26(21-10-8-9-11-23(21)37-17(3)4)25(28(34)35-7-2)18(5)31-29(32)38-24/h1,8-13,15-17,26H,7,14H2,2-5H3/b24-16-/t26-/m1/s1. The van der Waals surface area contributed by atoms with Gasteiger partial charge in [0.1, 0.15) is 24.1 Å². The summed E-state index contributed by atoms with van der Waals surface area (Å²) in [6.07, 6.45) is 7.01. The van der Waals surface area contributed by atoms with Crippen molar-refractivity contribution in [2.75, 3.05) is 13.2 Å². The van der Waals surface area contributed by atoms with Gasteiger partial charge in [-0.2, -0.15) is 0 Å². The molecule has 1 aliphatic rings. The number of terminal acetylenes is 1. The highest BCUT2D eigenvalue weighted by Crippen LogP contribution is 2.36. The van der Waals surface area contributed by atoms with E-state index in [-0.39, 0.29) is 24.9 Å². The zero-order chi connectivity index (χ0) is 27.4. The third-order valence-corrected chi connectivity index (χ3v) is 7.14. The Balaban J connectivity index is 1.98. The number of fused-ring (bicyclic) bond motifs is 1. The summed E-state index contributed by atoms with van der Waals surface area (Å²) in [5, 5.41) is 0. The number of hydrogen-bond donors (Lipinski definition) is 0. The Bertz CT molecular complexity index is 1630. The minimum absolute atomic E-state index is 0.0957. The molecule has 9 heteroatoms. The molecular formula is C29H27BrN2O5S. The third-order valence-electron chi connectivity index (χ3n) is 5.66. The second-order valence-corrected chi connectivity index (χ2v) is 10.6. The maximum Gasteiger partial charge on any atom is 0.338 e. The molecule has 2 aromatic carbocycles. The quantitative estimate of drug-likeness (QED) is 0.286. The highest BCUT2D eigenvalue weighted by molar-refractivity contribution is 9.10. The Morgan fingerprint density at radius 3 is 2.74 bits per heavy atom. The van der Waals surface area contributed by atoms with E-state index in [9.17, 15) is 9.59 Å². The predicted octanol–water partition coefficient (Wildman–Crippen LogP) is 4.36. The van der Waals surface area contributed by atoms with Gasteiger partial charge in [0.15, 0.2) is 4.80 Å². The summed E-state index contributed by atoms with van der Waals surface area (Å²) in [5.74, 6) is 3.06. The number of carbonyl (C=O) groups excluding carboxylic acids is 1. The lowest BCUT2D eigenvalue weighted by Gasteiger charge is -2.26. The van der Waals surface area contributed by atoms with Crippen molar-refractivity contribution >= 4 is 39.3 Å². The van der Waals surface area contributed by atoms with Crippen LogP contribution in [0.5, 0.6) is 11.5 Å². The SMILES string of the molecule is C#CCOc1ccc(Br)cc1/C=c1\sc2n(c1=O)[C@H](c1ccccc1OC(C)C)C(C(=O)OCC)=C(C)N=2. The molecule has 0 amide bonds. The van der Waals surface area contributed by atoms with E-state index in [1.54, 1.807) is 26.0 Å². The minimum Gasteiger partial charge on any atom is -0.491 e. The Kier molecular flexibility index (Phi) is 8.55. The number of esters is 1. The highest BCUT2D eigenvalue weighted by atomic mass is 79.9. The number of carbonyl (C=O) groups is 1. The van der Waals surface area contributed by atoms with E-state index in [0.29, 0.717) is 43.2 Å². The van der Waals surface area contributed by atoms with E-state index in [0.717, 1.165) is 4.47 Å². The molecule has 1 aliphatic heterocycles. The fraction of sp³-hybridized carbons (Fsp3) is 0.276. The number of benzene rings is 2. The van der Waals surface area contributed by atoms with Crippen molar-refractivity contribution in [3.8, 4) is 23.8 Å². The number of halogens is 1. The summed E-state index contributed by atoms with van der Waals surface area (Å²) in [6, 6.07) is 12.1. The third kappa shape index (κ3) is 5.62. The molecule has 1 aromatic heterocycles. The molecule has 0 saturated carbocycles. The van der Waals surface area contributed by atoms with Crippen molar-refractivity contribution in [2.24, 2.45) is 4.99 Å². The molecule has 0 spiro atoms. The second kappa shape index (κ2) is 11.8. The smallest absolute Gasteiger partial charge is 0.338 e. The van der Waals surface area contributed by atoms with Crippen molar-refractivity contribution in [3.63, 3.8) is 0 Å². The van der Waals surface area contributed by atoms with E-state index in [1.807, 2.05) is 50.2 Å². The van der Waals surface area contributed by atoms with Crippen molar-refractivity contribution < 1.29 is 19.0 Å². The first-order valence-electron chi connectivity index (χ1n) is 12.1. The summed E-state index contributed by atoms with van der Waals surface area (Å²) in [7, 11) is 0. The van der Waals surface area contributed by atoms with Gasteiger partial charge in [0.2, 0.25) is 0 Å². The molecule has 0 fully saturated rings. The Morgan fingerprint density at radius 2 is 2.03 bits per heavy atom. The molecule has 7 nitrogen and oxygen atoms in total. The van der Waals surface area contributed by atoms with Crippen molar-refractivity contribution in [1.82, 2.24) is 4.57 Å². The van der Waals surface area contributed by atoms with Crippen LogP contribution in [0.4, 0.5) is 0 Å². The first-order chi connectivity index (χ1) is 18.2. The van der Waals surface area contributed by atoms with Gasteiger partial charge >= 0.3 is 5.97 Å². The molecule has 0 unspecified atom stereocenters. The normalized spacial score (nSPS) is 15.1. The highest BCUT2D eigenvalue weighted by Gasteiger charge is 2.35. The molecule has 196 valence electrons. The van der Waals surface area contributed by atoms with Crippen LogP contribution >= 0.6 is 27.3 Å². The number of aromatic nitrogens is 1. The molecule has 0 aliphatic carbocycles. The van der Waals surface area contributed by atoms with Crippen LogP contribution < -0.4 is 24.4 Å². The first kappa shape index (κ1) is 27.4. The number of para-hydroxylation sites is 1. The van der Waals surface area contributed by atoms with Gasteiger partial charge < -0.3 is 14.2 Å². The monoisotopic (exact) mass is 594 g/mol. The summed E-state index contributed by atoms with van der Waals surface area (Å²) in [4.78, 5) is 32.3. The van der Waals surface area contributed by atoms with Gasteiger partial charge in [-0.3, -0.25) is 9.36 Å². The molecule has 4 rings (SSSR count). The fourth-order valence-electron chi connectivity index (χ4n) is 4.18. The van der Waals surface area contributed by atoms with Gasteiger partial charge in [-0.1, -0.05) is 51.4 Å². The van der Waals surface area contributed by atoms with Gasteiger partial charge in [0.25, 0.3) is 5.56 Å². The van der Waals surface area contributed by atoms with E-state index in [2.05, 4.69) is 26.8 Å². The Morgan fingerprint density at radius 1 is 1.26 bits per heavy atom. The van der Waals surface area contributed by atoms with Crippen LogP contribution in [0.2, 0.25) is 0 Å². The molecule has 0 bridgehead atoms.